The SMILES string of the molecule is O=P([O-])(OCCF)OCCF.[NH4+]. The van der Waals surface area contributed by atoms with E-state index < -0.39 is 34.4 Å². The molecule has 0 amide bonds. The summed E-state index contributed by atoms with van der Waals surface area (Å²) < 4.78 is 40.9. The van der Waals surface area contributed by atoms with Gasteiger partial charge in [0.15, 0.2) is 0 Å². The summed E-state index contributed by atoms with van der Waals surface area (Å²) in [5.74, 6) is 0. The average molecular weight is 207 g/mol. The first-order chi connectivity index (χ1) is 5.12. The number of halogens is 2. The Bertz CT molecular complexity index is 135. The molecule has 0 atom stereocenters. The van der Waals surface area contributed by atoms with Crippen LogP contribution in [0.3, 0.4) is 0 Å². The molecule has 0 aliphatic rings. The molecular weight excluding hydrogens is 195 g/mol. The van der Waals surface area contributed by atoms with E-state index >= 15 is 0 Å². The maximum atomic E-state index is 11.3. The number of hydrogen-bond donors (Lipinski definition) is 1. The van der Waals surface area contributed by atoms with Gasteiger partial charge in [0.2, 0.25) is 0 Å². The monoisotopic (exact) mass is 207 g/mol. The number of quaternary nitrogens is 1. The average Bonchev–Trinajstić information content (AvgIpc) is 1.97. The van der Waals surface area contributed by atoms with Gasteiger partial charge in [0.1, 0.15) is 13.3 Å². The Labute approximate surface area is 68.9 Å². The van der Waals surface area contributed by atoms with Gasteiger partial charge in [0.05, 0.1) is 13.2 Å². The van der Waals surface area contributed by atoms with Gasteiger partial charge in [-0.05, 0) is 0 Å². The van der Waals surface area contributed by atoms with Crippen LogP contribution in [-0.2, 0) is 13.6 Å². The van der Waals surface area contributed by atoms with Crippen molar-refractivity contribution in [3.8, 4) is 0 Å². The maximum absolute atomic E-state index is 11.3. The first-order valence-corrected chi connectivity index (χ1v) is 4.30. The van der Waals surface area contributed by atoms with Crippen LogP contribution in [0.1, 0.15) is 0 Å². The second kappa shape index (κ2) is 7.57. The van der Waals surface area contributed by atoms with Gasteiger partial charge in [-0.2, -0.15) is 0 Å². The van der Waals surface area contributed by atoms with Crippen molar-refractivity contribution >= 4 is 7.82 Å². The van der Waals surface area contributed by atoms with Crippen LogP contribution in [0.2, 0.25) is 0 Å². The van der Waals surface area contributed by atoms with Gasteiger partial charge in [-0.25, -0.2) is 8.78 Å². The van der Waals surface area contributed by atoms with E-state index in [9.17, 15) is 18.2 Å². The minimum Gasteiger partial charge on any atom is -0.756 e. The molecule has 0 aliphatic carbocycles. The van der Waals surface area contributed by atoms with Gasteiger partial charge in [0, 0.05) is 0 Å². The molecule has 0 saturated heterocycles. The molecule has 0 fully saturated rings. The van der Waals surface area contributed by atoms with E-state index in [0.717, 1.165) is 0 Å². The topological polar surface area (TPSA) is 95.1 Å². The molecule has 0 bridgehead atoms. The highest BCUT2D eigenvalue weighted by Crippen LogP contribution is 2.37. The Morgan fingerprint density at radius 1 is 1.17 bits per heavy atom. The number of rotatable bonds is 6. The fraction of sp³-hybridized carbons (Fsp3) is 1.00. The first-order valence-electron chi connectivity index (χ1n) is 2.84. The summed E-state index contributed by atoms with van der Waals surface area (Å²) in [7, 11) is -4.46. The molecule has 12 heavy (non-hydrogen) atoms. The lowest BCUT2D eigenvalue weighted by atomic mass is 10.9. The molecular formula is C4H12F2NO4P. The lowest BCUT2D eigenvalue weighted by Gasteiger charge is -2.20. The van der Waals surface area contributed by atoms with E-state index in [1.165, 1.54) is 0 Å². The molecule has 0 radical (unpaired) electrons. The van der Waals surface area contributed by atoms with Gasteiger partial charge in [-0.1, -0.05) is 0 Å². The third-order valence-corrected chi connectivity index (χ3v) is 1.65. The molecule has 0 aliphatic heterocycles. The van der Waals surface area contributed by atoms with Crippen molar-refractivity contribution in [2.45, 2.75) is 0 Å². The van der Waals surface area contributed by atoms with Gasteiger partial charge < -0.3 is 20.1 Å². The standard InChI is InChI=1S/C4H9F2O4P.H3N/c5-1-3-9-11(7,8)10-4-2-6;/h1-4H2,(H,7,8);1H3. The van der Waals surface area contributed by atoms with Crippen LogP contribution < -0.4 is 11.0 Å². The fourth-order valence-corrected chi connectivity index (χ4v) is 0.990. The van der Waals surface area contributed by atoms with E-state index in [1.54, 1.807) is 0 Å². The first kappa shape index (κ1) is 14.5. The maximum Gasteiger partial charge on any atom is 0.268 e. The summed E-state index contributed by atoms with van der Waals surface area (Å²) in [4.78, 5) is 10.4. The van der Waals surface area contributed by atoms with Crippen molar-refractivity contribution in [2.24, 2.45) is 0 Å². The fourth-order valence-electron chi connectivity index (χ4n) is 0.330. The largest absolute Gasteiger partial charge is 0.756 e. The smallest absolute Gasteiger partial charge is 0.268 e. The Morgan fingerprint density at radius 2 is 1.50 bits per heavy atom. The summed E-state index contributed by atoms with van der Waals surface area (Å²) in [6, 6.07) is 0. The summed E-state index contributed by atoms with van der Waals surface area (Å²) >= 11 is 0. The highest BCUT2D eigenvalue weighted by atomic mass is 31.2. The van der Waals surface area contributed by atoms with Gasteiger partial charge in [0.25, 0.3) is 7.82 Å². The number of phosphoric ester groups is 1. The van der Waals surface area contributed by atoms with Crippen LogP contribution in [-0.4, -0.2) is 26.6 Å². The zero-order chi connectivity index (χ0) is 8.74. The number of phosphoric acid groups is 1. The minimum absolute atomic E-state index is 0. The Kier molecular flexibility index (Phi) is 9.12. The number of hydrogen-bond acceptors (Lipinski definition) is 4. The van der Waals surface area contributed by atoms with Crippen LogP contribution in [0.5, 0.6) is 0 Å². The van der Waals surface area contributed by atoms with Gasteiger partial charge in [-0.15, -0.1) is 0 Å². The second-order valence-corrected chi connectivity index (χ2v) is 2.90. The molecule has 76 valence electrons. The molecule has 0 aromatic rings. The zero-order valence-electron chi connectivity index (χ0n) is 6.66. The second-order valence-electron chi connectivity index (χ2n) is 1.49. The molecule has 0 spiro atoms. The van der Waals surface area contributed by atoms with Gasteiger partial charge >= 0.3 is 0 Å². The van der Waals surface area contributed by atoms with E-state index in [0.29, 0.717) is 0 Å². The van der Waals surface area contributed by atoms with E-state index in [2.05, 4.69) is 9.05 Å². The predicted molar refractivity (Wildman–Crippen MR) is 37.4 cm³/mol. The molecule has 0 saturated carbocycles. The molecule has 0 aromatic heterocycles. The van der Waals surface area contributed by atoms with Crippen LogP contribution in [0.25, 0.3) is 0 Å². The molecule has 5 nitrogen and oxygen atoms in total. The van der Waals surface area contributed by atoms with Crippen LogP contribution in [0, 0.1) is 0 Å². The highest BCUT2D eigenvalue weighted by molar-refractivity contribution is 7.45. The molecule has 8 heteroatoms. The van der Waals surface area contributed by atoms with Crippen molar-refractivity contribution in [1.29, 1.82) is 0 Å². The Morgan fingerprint density at radius 3 is 1.75 bits per heavy atom. The lowest BCUT2D eigenvalue weighted by Crippen LogP contribution is -2.10. The molecule has 0 heterocycles. The minimum atomic E-state index is -4.46. The van der Waals surface area contributed by atoms with Crippen molar-refractivity contribution < 1.29 is 27.3 Å². The van der Waals surface area contributed by atoms with Crippen LogP contribution in [0.4, 0.5) is 8.78 Å². The number of alkyl halides is 2. The van der Waals surface area contributed by atoms with Crippen molar-refractivity contribution in [3.05, 3.63) is 0 Å². The van der Waals surface area contributed by atoms with Gasteiger partial charge in [-0.3, -0.25) is 4.57 Å². The Hall–Kier alpha value is -0.0700. The molecule has 4 N–H and O–H groups in total. The molecule has 0 aromatic carbocycles. The van der Waals surface area contributed by atoms with E-state index in [-0.39, 0.29) is 6.15 Å². The van der Waals surface area contributed by atoms with E-state index in [4.69, 9.17) is 0 Å². The zero-order valence-corrected chi connectivity index (χ0v) is 7.56. The van der Waals surface area contributed by atoms with Crippen molar-refractivity contribution in [2.75, 3.05) is 26.6 Å². The quantitative estimate of drug-likeness (QED) is 0.651. The van der Waals surface area contributed by atoms with Crippen molar-refractivity contribution in [3.63, 3.8) is 0 Å². The summed E-state index contributed by atoms with van der Waals surface area (Å²) in [5.41, 5.74) is 0. The normalized spacial score (nSPS) is 10.9. The van der Waals surface area contributed by atoms with Crippen LogP contribution in [0.15, 0.2) is 0 Å². The lowest BCUT2D eigenvalue weighted by molar-refractivity contribution is -0.225. The predicted octanol–water partition coefficient (Wildman–Crippen LogP) is 0.803. The van der Waals surface area contributed by atoms with E-state index in [1.807, 2.05) is 0 Å². The Balaban J connectivity index is 0. The molecule has 0 rings (SSSR count). The van der Waals surface area contributed by atoms with Crippen molar-refractivity contribution in [1.82, 2.24) is 6.15 Å². The summed E-state index contributed by atoms with van der Waals surface area (Å²) in [6.07, 6.45) is 0. The highest BCUT2D eigenvalue weighted by Gasteiger charge is 2.07. The summed E-state index contributed by atoms with van der Waals surface area (Å²) in [6.45, 7) is -3.03. The molecule has 0 unspecified atom stereocenters. The third-order valence-electron chi connectivity index (χ3n) is 0.653. The summed E-state index contributed by atoms with van der Waals surface area (Å²) in [5, 5.41) is 0. The van der Waals surface area contributed by atoms with Crippen LogP contribution >= 0.6 is 7.82 Å². The third kappa shape index (κ3) is 8.03.